The number of nitrogens with two attached hydrogens (primary N) is 1. The van der Waals surface area contributed by atoms with Crippen LogP contribution >= 0.6 is 11.3 Å². The van der Waals surface area contributed by atoms with Crippen LogP contribution in [-0.2, 0) is 0 Å². The van der Waals surface area contributed by atoms with Gasteiger partial charge in [-0.15, -0.1) is 0 Å². The molecule has 0 saturated carbocycles. The van der Waals surface area contributed by atoms with Gasteiger partial charge >= 0.3 is 0 Å². The molecule has 0 unspecified atom stereocenters. The molecule has 0 spiro atoms. The maximum atomic E-state index is 12.4. The number of nitrogens with zero attached hydrogens (tertiary/aromatic N) is 1. The lowest BCUT2D eigenvalue weighted by molar-refractivity contribution is 0.0996. The van der Waals surface area contributed by atoms with Crippen LogP contribution in [0.1, 0.15) is 26.4 Å². The largest absolute Gasteiger partial charge is 0.366 e. The number of anilines is 1. The first kappa shape index (κ1) is 15.9. The van der Waals surface area contributed by atoms with E-state index >= 15 is 0 Å². The van der Waals surface area contributed by atoms with Gasteiger partial charge in [-0.1, -0.05) is 6.07 Å². The summed E-state index contributed by atoms with van der Waals surface area (Å²) in [7, 11) is 0. The van der Waals surface area contributed by atoms with Crippen LogP contribution < -0.4 is 11.1 Å². The summed E-state index contributed by atoms with van der Waals surface area (Å²) in [5, 5.41) is 6.76. The molecule has 0 radical (unpaired) electrons. The SMILES string of the molecule is Cc1nc(-c2ccsc2)ccc1C(=O)Nc1cccc(C(N)=O)c1. The van der Waals surface area contributed by atoms with Crippen LogP contribution in [0.5, 0.6) is 0 Å². The number of amides is 2. The predicted octanol–water partition coefficient (Wildman–Crippen LogP) is 3.47. The number of aryl methyl sites for hydroxylation is 1. The Morgan fingerprint density at radius 3 is 2.67 bits per heavy atom. The molecule has 0 aliphatic heterocycles. The van der Waals surface area contributed by atoms with Crippen LogP contribution in [0.3, 0.4) is 0 Å². The topological polar surface area (TPSA) is 85.1 Å². The van der Waals surface area contributed by atoms with E-state index in [2.05, 4.69) is 10.3 Å². The average Bonchev–Trinajstić information content (AvgIpc) is 3.09. The van der Waals surface area contributed by atoms with Gasteiger partial charge in [0.1, 0.15) is 0 Å². The third-order valence-corrected chi connectivity index (χ3v) is 4.24. The molecule has 0 aliphatic rings. The summed E-state index contributed by atoms with van der Waals surface area (Å²) in [6.07, 6.45) is 0. The van der Waals surface area contributed by atoms with Crippen molar-refractivity contribution in [3.63, 3.8) is 0 Å². The minimum absolute atomic E-state index is 0.279. The highest BCUT2D eigenvalue weighted by Crippen LogP contribution is 2.22. The number of aromatic nitrogens is 1. The first-order chi connectivity index (χ1) is 11.5. The number of hydrogen-bond donors (Lipinski definition) is 2. The number of rotatable bonds is 4. The molecule has 5 nitrogen and oxygen atoms in total. The van der Waals surface area contributed by atoms with E-state index in [0.717, 1.165) is 11.3 Å². The van der Waals surface area contributed by atoms with E-state index in [1.807, 2.05) is 22.9 Å². The lowest BCUT2D eigenvalue weighted by Gasteiger charge is -2.09. The molecule has 0 saturated heterocycles. The fraction of sp³-hybridized carbons (Fsp3) is 0.0556. The number of primary amides is 1. The maximum Gasteiger partial charge on any atom is 0.257 e. The highest BCUT2D eigenvalue weighted by Gasteiger charge is 2.12. The summed E-state index contributed by atoms with van der Waals surface area (Å²) in [6.45, 7) is 1.80. The molecule has 120 valence electrons. The maximum absolute atomic E-state index is 12.4. The van der Waals surface area contributed by atoms with Gasteiger partial charge < -0.3 is 11.1 Å². The number of carbonyl (C=O) groups is 2. The zero-order valence-corrected chi connectivity index (χ0v) is 13.8. The van der Waals surface area contributed by atoms with Crippen molar-refractivity contribution < 1.29 is 9.59 Å². The molecule has 0 fully saturated rings. The first-order valence-electron chi connectivity index (χ1n) is 7.26. The molecule has 2 heterocycles. The van der Waals surface area contributed by atoms with Gasteiger partial charge in [0.05, 0.1) is 17.0 Å². The van der Waals surface area contributed by atoms with Gasteiger partial charge in [-0.3, -0.25) is 14.6 Å². The van der Waals surface area contributed by atoms with Crippen molar-refractivity contribution in [3.8, 4) is 11.3 Å². The normalized spacial score (nSPS) is 10.4. The molecule has 3 N–H and O–H groups in total. The monoisotopic (exact) mass is 337 g/mol. The second-order valence-electron chi connectivity index (χ2n) is 5.24. The van der Waals surface area contributed by atoms with E-state index < -0.39 is 5.91 Å². The molecule has 1 aromatic carbocycles. The van der Waals surface area contributed by atoms with Gasteiger partial charge in [-0.25, -0.2) is 0 Å². The van der Waals surface area contributed by atoms with Crippen molar-refractivity contribution in [2.75, 3.05) is 5.32 Å². The number of carbonyl (C=O) groups excluding carboxylic acids is 2. The highest BCUT2D eigenvalue weighted by molar-refractivity contribution is 7.08. The Morgan fingerprint density at radius 2 is 2.00 bits per heavy atom. The second-order valence-corrected chi connectivity index (χ2v) is 6.02. The molecule has 2 amide bonds. The molecule has 3 rings (SSSR count). The third-order valence-electron chi connectivity index (χ3n) is 3.55. The van der Waals surface area contributed by atoms with Gasteiger partial charge in [0.15, 0.2) is 0 Å². The van der Waals surface area contributed by atoms with Gasteiger partial charge in [0, 0.05) is 22.2 Å². The molecule has 24 heavy (non-hydrogen) atoms. The third kappa shape index (κ3) is 3.33. The Morgan fingerprint density at radius 1 is 1.17 bits per heavy atom. The predicted molar refractivity (Wildman–Crippen MR) is 95.2 cm³/mol. The van der Waals surface area contributed by atoms with Crippen molar-refractivity contribution in [2.45, 2.75) is 6.92 Å². The second kappa shape index (κ2) is 6.64. The number of thiophene rings is 1. The quantitative estimate of drug-likeness (QED) is 0.764. The summed E-state index contributed by atoms with van der Waals surface area (Å²) in [6, 6.07) is 12.1. The van der Waals surface area contributed by atoms with E-state index in [0.29, 0.717) is 22.5 Å². The molecular formula is C18H15N3O2S. The van der Waals surface area contributed by atoms with E-state index in [9.17, 15) is 9.59 Å². The summed E-state index contributed by atoms with van der Waals surface area (Å²) in [4.78, 5) is 28.2. The van der Waals surface area contributed by atoms with Gasteiger partial charge in [0.25, 0.3) is 5.91 Å². The summed E-state index contributed by atoms with van der Waals surface area (Å²) >= 11 is 1.60. The van der Waals surface area contributed by atoms with Crippen LogP contribution in [0.4, 0.5) is 5.69 Å². The fourth-order valence-corrected chi connectivity index (χ4v) is 2.97. The summed E-state index contributed by atoms with van der Waals surface area (Å²) in [5.74, 6) is -0.817. The van der Waals surface area contributed by atoms with Crippen molar-refractivity contribution in [2.24, 2.45) is 5.73 Å². The van der Waals surface area contributed by atoms with Gasteiger partial charge in [0.2, 0.25) is 5.91 Å². The number of nitrogens with one attached hydrogen (secondary N) is 1. The Kier molecular flexibility index (Phi) is 4.39. The fourth-order valence-electron chi connectivity index (χ4n) is 2.32. The summed E-state index contributed by atoms with van der Waals surface area (Å²) < 4.78 is 0. The smallest absolute Gasteiger partial charge is 0.257 e. The van der Waals surface area contributed by atoms with Crippen molar-refractivity contribution in [1.29, 1.82) is 0 Å². The van der Waals surface area contributed by atoms with E-state index in [1.165, 1.54) is 0 Å². The number of hydrogen-bond acceptors (Lipinski definition) is 4. The number of benzene rings is 1. The van der Waals surface area contributed by atoms with Crippen LogP contribution in [-0.4, -0.2) is 16.8 Å². The Bertz CT molecular complexity index is 904. The van der Waals surface area contributed by atoms with E-state index in [-0.39, 0.29) is 5.91 Å². The highest BCUT2D eigenvalue weighted by atomic mass is 32.1. The van der Waals surface area contributed by atoms with Crippen molar-refractivity contribution in [1.82, 2.24) is 4.98 Å². The molecule has 6 heteroatoms. The van der Waals surface area contributed by atoms with Gasteiger partial charge in [-0.2, -0.15) is 11.3 Å². The Balaban J connectivity index is 1.83. The minimum Gasteiger partial charge on any atom is -0.366 e. The van der Waals surface area contributed by atoms with Crippen LogP contribution in [0.2, 0.25) is 0 Å². The molecule has 2 aromatic heterocycles. The van der Waals surface area contributed by atoms with Crippen LogP contribution in [0.25, 0.3) is 11.3 Å². The first-order valence-corrected chi connectivity index (χ1v) is 8.20. The Labute approximate surface area is 143 Å². The zero-order chi connectivity index (χ0) is 17.1. The van der Waals surface area contributed by atoms with Crippen molar-refractivity contribution in [3.05, 3.63) is 70.0 Å². The number of pyridine rings is 1. The lowest BCUT2D eigenvalue weighted by atomic mass is 10.1. The van der Waals surface area contributed by atoms with Crippen LogP contribution in [0.15, 0.2) is 53.2 Å². The van der Waals surface area contributed by atoms with E-state index in [1.54, 1.807) is 48.6 Å². The Hall–Kier alpha value is -2.99. The van der Waals surface area contributed by atoms with Crippen molar-refractivity contribution >= 4 is 28.8 Å². The average molecular weight is 337 g/mol. The van der Waals surface area contributed by atoms with Crippen LogP contribution in [0, 0.1) is 6.92 Å². The molecule has 0 aliphatic carbocycles. The van der Waals surface area contributed by atoms with Gasteiger partial charge in [-0.05, 0) is 48.7 Å². The molecular weight excluding hydrogens is 322 g/mol. The summed E-state index contributed by atoms with van der Waals surface area (Å²) in [5.41, 5.74) is 9.10. The molecule has 3 aromatic rings. The standard InChI is InChI=1S/C18H15N3O2S/c1-11-15(5-6-16(20-11)13-7-8-24-10-13)18(23)21-14-4-2-3-12(9-14)17(19)22/h2-10H,1H3,(H2,19,22)(H,21,23). The molecule has 0 bridgehead atoms. The zero-order valence-electron chi connectivity index (χ0n) is 12.9. The van der Waals surface area contributed by atoms with E-state index in [4.69, 9.17) is 5.73 Å². The minimum atomic E-state index is -0.538. The molecule has 0 atom stereocenters. The lowest BCUT2D eigenvalue weighted by Crippen LogP contribution is -2.15.